The minimum atomic E-state index is -0.478. The molecule has 5 heteroatoms. The molecule has 0 fully saturated rings. The summed E-state index contributed by atoms with van der Waals surface area (Å²) in [7, 11) is 3.05. The van der Waals surface area contributed by atoms with Gasteiger partial charge in [0.15, 0.2) is 11.5 Å². The molecular weight excluding hydrogens is 344 g/mol. The van der Waals surface area contributed by atoms with Crippen LogP contribution in [0, 0.1) is 0 Å². The molecule has 0 saturated heterocycles. The zero-order valence-corrected chi connectivity index (χ0v) is 15.2. The van der Waals surface area contributed by atoms with Gasteiger partial charge in [0, 0.05) is 0 Å². The Bertz CT molecular complexity index is 888. The number of carbonyl (C=O) groups excluding carboxylic acids is 1. The molecule has 0 heterocycles. The number of esters is 1. The second-order valence-electron chi connectivity index (χ2n) is 5.70. The lowest BCUT2D eigenvalue weighted by Crippen LogP contribution is -2.09. The first-order valence-corrected chi connectivity index (χ1v) is 8.40. The molecule has 138 valence electrons. The summed E-state index contributed by atoms with van der Waals surface area (Å²) >= 11 is 0. The Kier molecular flexibility index (Phi) is 5.94. The van der Waals surface area contributed by atoms with Gasteiger partial charge in [-0.25, -0.2) is 4.79 Å². The SMILES string of the molecule is COc1ccc(C(=O)Oc2ccc(OCc3ccccc3)cc2)cc1OC. The monoisotopic (exact) mass is 364 g/mol. The summed E-state index contributed by atoms with van der Waals surface area (Å²) in [5.41, 5.74) is 1.46. The van der Waals surface area contributed by atoms with Crippen molar-refractivity contribution in [2.24, 2.45) is 0 Å². The quantitative estimate of drug-likeness (QED) is 0.456. The van der Waals surface area contributed by atoms with Crippen molar-refractivity contribution in [3.8, 4) is 23.0 Å². The number of methoxy groups -OCH3 is 2. The normalized spacial score (nSPS) is 10.1. The molecule has 3 aromatic rings. The summed E-state index contributed by atoms with van der Waals surface area (Å²) in [5.74, 6) is 1.67. The summed E-state index contributed by atoms with van der Waals surface area (Å²) in [6.07, 6.45) is 0. The third-order valence-electron chi connectivity index (χ3n) is 3.90. The fraction of sp³-hybridized carbons (Fsp3) is 0.136. The maximum absolute atomic E-state index is 12.3. The average Bonchev–Trinajstić information content (AvgIpc) is 2.73. The van der Waals surface area contributed by atoms with Crippen molar-refractivity contribution < 1.29 is 23.7 Å². The van der Waals surface area contributed by atoms with E-state index in [4.69, 9.17) is 18.9 Å². The predicted octanol–water partition coefficient (Wildman–Crippen LogP) is 4.50. The number of rotatable bonds is 7. The Labute approximate surface area is 158 Å². The number of ether oxygens (including phenoxy) is 4. The molecule has 0 atom stereocenters. The molecule has 27 heavy (non-hydrogen) atoms. The number of hydrogen-bond acceptors (Lipinski definition) is 5. The molecule has 0 radical (unpaired) electrons. The maximum Gasteiger partial charge on any atom is 0.343 e. The molecular formula is C22H20O5. The summed E-state index contributed by atoms with van der Waals surface area (Å²) in [6.45, 7) is 0.478. The van der Waals surface area contributed by atoms with Gasteiger partial charge in [0.2, 0.25) is 0 Å². The Morgan fingerprint density at radius 3 is 2.11 bits per heavy atom. The van der Waals surface area contributed by atoms with E-state index in [9.17, 15) is 4.79 Å². The molecule has 0 aliphatic heterocycles. The minimum Gasteiger partial charge on any atom is -0.493 e. The zero-order valence-electron chi connectivity index (χ0n) is 15.2. The van der Waals surface area contributed by atoms with Gasteiger partial charge in [0.05, 0.1) is 19.8 Å². The van der Waals surface area contributed by atoms with Gasteiger partial charge in [-0.05, 0) is 48.0 Å². The van der Waals surface area contributed by atoms with Crippen molar-refractivity contribution in [2.45, 2.75) is 6.61 Å². The van der Waals surface area contributed by atoms with Gasteiger partial charge in [-0.15, -0.1) is 0 Å². The lowest BCUT2D eigenvalue weighted by molar-refractivity contribution is 0.0734. The van der Waals surface area contributed by atoms with Crippen molar-refractivity contribution in [1.82, 2.24) is 0 Å². The van der Waals surface area contributed by atoms with Gasteiger partial charge < -0.3 is 18.9 Å². The lowest BCUT2D eigenvalue weighted by atomic mass is 10.2. The Morgan fingerprint density at radius 2 is 1.44 bits per heavy atom. The van der Waals surface area contributed by atoms with Gasteiger partial charge in [-0.1, -0.05) is 30.3 Å². The van der Waals surface area contributed by atoms with E-state index in [2.05, 4.69) is 0 Å². The van der Waals surface area contributed by atoms with Crippen LogP contribution in [-0.4, -0.2) is 20.2 Å². The first kappa shape index (κ1) is 18.3. The largest absolute Gasteiger partial charge is 0.493 e. The molecule has 0 aliphatic carbocycles. The van der Waals surface area contributed by atoms with Gasteiger partial charge in [0.1, 0.15) is 18.1 Å². The second-order valence-corrected chi connectivity index (χ2v) is 5.70. The van der Waals surface area contributed by atoms with E-state index < -0.39 is 5.97 Å². The zero-order chi connectivity index (χ0) is 19.1. The first-order valence-electron chi connectivity index (χ1n) is 8.40. The molecule has 3 rings (SSSR count). The number of benzene rings is 3. The van der Waals surface area contributed by atoms with Crippen molar-refractivity contribution >= 4 is 5.97 Å². The van der Waals surface area contributed by atoms with E-state index in [1.165, 1.54) is 14.2 Å². The Morgan fingerprint density at radius 1 is 0.778 bits per heavy atom. The second kappa shape index (κ2) is 8.76. The summed E-state index contributed by atoms with van der Waals surface area (Å²) in [4.78, 5) is 12.3. The molecule has 0 amide bonds. The molecule has 0 aliphatic rings. The Hall–Kier alpha value is -3.47. The summed E-state index contributed by atoms with van der Waals surface area (Å²) < 4.78 is 21.5. The van der Waals surface area contributed by atoms with Crippen LogP contribution in [0.25, 0.3) is 0 Å². The van der Waals surface area contributed by atoms with E-state index in [0.29, 0.717) is 35.2 Å². The molecule has 0 saturated carbocycles. The molecule has 0 aromatic heterocycles. The highest BCUT2D eigenvalue weighted by molar-refractivity contribution is 5.91. The van der Waals surface area contributed by atoms with Crippen LogP contribution >= 0.6 is 0 Å². The molecule has 5 nitrogen and oxygen atoms in total. The van der Waals surface area contributed by atoms with Crippen LogP contribution in [0.3, 0.4) is 0 Å². The van der Waals surface area contributed by atoms with Gasteiger partial charge >= 0.3 is 5.97 Å². The maximum atomic E-state index is 12.3. The standard InChI is InChI=1S/C22H20O5/c1-24-20-13-8-17(14-21(20)25-2)22(23)27-19-11-9-18(10-12-19)26-15-16-6-4-3-5-7-16/h3-14H,15H2,1-2H3. The van der Waals surface area contributed by atoms with Crippen LogP contribution in [0.1, 0.15) is 15.9 Å². The van der Waals surface area contributed by atoms with Crippen LogP contribution in [0.4, 0.5) is 0 Å². The van der Waals surface area contributed by atoms with Crippen molar-refractivity contribution in [3.05, 3.63) is 83.9 Å². The van der Waals surface area contributed by atoms with Crippen LogP contribution in [0.15, 0.2) is 72.8 Å². The third-order valence-corrected chi connectivity index (χ3v) is 3.90. The topological polar surface area (TPSA) is 54.0 Å². The van der Waals surface area contributed by atoms with E-state index in [1.54, 1.807) is 42.5 Å². The van der Waals surface area contributed by atoms with Crippen LogP contribution < -0.4 is 18.9 Å². The summed E-state index contributed by atoms with van der Waals surface area (Å²) in [6, 6.07) is 21.7. The third kappa shape index (κ3) is 4.79. The highest BCUT2D eigenvalue weighted by Gasteiger charge is 2.13. The van der Waals surface area contributed by atoms with E-state index in [1.807, 2.05) is 30.3 Å². The molecule has 0 N–H and O–H groups in total. The fourth-order valence-electron chi connectivity index (χ4n) is 2.47. The van der Waals surface area contributed by atoms with E-state index in [-0.39, 0.29) is 0 Å². The molecule has 0 spiro atoms. The number of carbonyl (C=O) groups is 1. The first-order chi connectivity index (χ1) is 13.2. The summed E-state index contributed by atoms with van der Waals surface area (Å²) in [5, 5.41) is 0. The molecule has 0 bridgehead atoms. The average molecular weight is 364 g/mol. The Balaban J connectivity index is 1.61. The minimum absolute atomic E-state index is 0.372. The van der Waals surface area contributed by atoms with Gasteiger partial charge in [0.25, 0.3) is 0 Å². The van der Waals surface area contributed by atoms with Crippen LogP contribution in [0.5, 0.6) is 23.0 Å². The van der Waals surface area contributed by atoms with E-state index in [0.717, 1.165) is 5.56 Å². The smallest absolute Gasteiger partial charge is 0.343 e. The van der Waals surface area contributed by atoms with E-state index >= 15 is 0 Å². The van der Waals surface area contributed by atoms with Gasteiger partial charge in [-0.2, -0.15) is 0 Å². The van der Waals surface area contributed by atoms with Crippen LogP contribution in [0.2, 0.25) is 0 Å². The molecule has 0 unspecified atom stereocenters. The predicted molar refractivity (Wildman–Crippen MR) is 102 cm³/mol. The lowest BCUT2D eigenvalue weighted by Gasteiger charge is -2.10. The highest BCUT2D eigenvalue weighted by atomic mass is 16.5. The van der Waals surface area contributed by atoms with Crippen molar-refractivity contribution in [2.75, 3.05) is 14.2 Å². The van der Waals surface area contributed by atoms with Crippen molar-refractivity contribution in [3.63, 3.8) is 0 Å². The van der Waals surface area contributed by atoms with Gasteiger partial charge in [-0.3, -0.25) is 0 Å². The molecule has 3 aromatic carbocycles. The van der Waals surface area contributed by atoms with Crippen molar-refractivity contribution in [1.29, 1.82) is 0 Å². The fourth-order valence-corrected chi connectivity index (χ4v) is 2.47. The van der Waals surface area contributed by atoms with Crippen LogP contribution in [-0.2, 0) is 6.61 Å². The highest BCUT2D eigenvalue weighted by Crippen LogP contribution is 2.28. The number of hydrogen-bond donors (Lipinski definition) is 0.